The van der Waals surface area contributed by atoms with E-state index in [4.69, 9.17) is 16.7 Å². The summed E-state index contributed by atoms with van der Waals surface area (Å²) < 4.78 is 0. The van der Waals surface area contributed by atoms with Crippen LogP contribution in [-0.2, 0) is 0 Å². The molecule has 5 heteroatoms. The number of carbonyl (C=O) groups is 1. The molecule has 104 valence electrons. The molecule has 0 aromatic heterocycles. The van der Waals surface area contributed by atoms with Crippen LogP contribution < -0.4 is 5.32 Å². The molecule has 0 amide bonds. The Morgan fingerprint density at radius 1 is 1.42 bits per heavy atom. The van der Waals surface area contributed by atoms with Crippen molar-refractivity contribution in [1.82, 2.24) is 0 Å². The highest BCUT2D eigenvalue weighted by Gasteiger charge is 2.24. The van der Waals surface area contributed by atoms with Crippen molar-refractivity contribution < 1.29 is 9.90 Å². The van der Waals surface area contributed by atoms with Gasteiger partial charge in [0.15, 0.2) is 0 Å². The minimum Gasteiger partial charge on any atom is -0.478 e. The fourth-order valence-electron chi connectivity index (χ4n) is 2.51. The standard InChI is InChI=1S/C14H18ClNO2S/c1-19-13-5-3-2-4-12(13)16-11-7-6-9(14(17)18)8-10(11)15/h6-8,12-13,16H,2-5H2,1H3,(H,17,18). The van der Waals surface area contributed by atoms with Gasteiger partial charge in [-0.25, -0.2) is 4.79 Å². The largest absolute Gasteiger partial charge is 0.478 e. The number of benzene rings is 1. The molecule has 0 spiro atoms. The van der Waals surface area contributed by atoms with Gasteiger partial charge in [0.05, 0.1) is 16.3 Å². The summed E-state index contributed by atoms with van der Waals surface area (Å²) in [7, 11) is 0. The number of carboxylic acid groups (broad SMARTS) is 1. The summed E-state index contributed by atoms with van der Waals surface area (Å²) in [6, 6.07) is 5.27. The SMILES string of the molecule is CSC1CCCCC1Nc1ccc(C(=O)O)cc1Cl. The molecule has 1 aliphatic carbocycles. The molecule has 1 fully saturated rings. The normalized spacial score (nSPS) is 23.1. The Morgan fingerprint density at radius 2 is 2.16 bits per heavy atom. The third-order valence-corrected chi connectivity index (χ3v) is 5.04. The van der Waals surface area contributed by atoms with Gasteiger partial charge in [-0.2, -0.15) is 11.8 Å². The Hall–Kier alpha value is -0.870. The van der Waals surface area contributed by atoms with Crippen LogP contribution in [-0.4, -0.2) is 28.6 Å². The van der Waals surface area contributed by atoms with Gasteiger partial charge in [-0.15, -0.1) is 0 Å². The number of thioether (sulfide) groups is 1. The molecule has 1 aromatic carbocycles. The van der Waals surface area contributed by atoms with Gasteiger partial charge in [0.2, 0.25) is 0 Å². The van der Waals surface area contributed by atoms with Crippen molar-refractivity contribution in [3.63, 3.8) is 0 Å². The van der Waals surface area contributed by atoms with Gasteiger partial charge in [0.25, 0.3) is 0 Å². The highest BCUT2D eigenvalue weighted by Crippen LogP contribution is 2.32. The average Bonchev–Trinajstić information content (AvgIpc) is 2.41. The van der Waals surface area contributed by atoms with Crippen LogP contribution in [0, 0.1) is 0 Å². The van der Waals surface area contributed by atoms with E-state index in [9.17, 15) is 4.79 Å². The maximum atomic E-state index is 10.9. The molecular weight excluding hydrogens is 282 g/mol. The molecular formula is C14H18ClNO2S. The maximum absolute atomic E-state index is 10.9. The first-order valence-electron chi connectivity index (χ1n) is 6.44. The number of rotatable bonds is 4. The Kier molecular flexibility index (Phi) is 4.99. The van der Waals surface area contributed by atoms with E-state index in [2.05, 4.69) is 11.6 Å². The smallest absolute Gasteiger partial charge is 0.335 e. The summed E-state index contributed by atoms with van der Waals surface area (Å²) in [6.07, 6.45) is 7.03. The lowest BCUT2D eigenvalue weighted by atomic mass is 9.94. The highest BCUT2D eigenvalue weighted by atomic mass is 35.5. The number of aromatic carboxylic acids is 1. The number of hydrogen-bond acceptors (Lipinski definition) is 3. The van der Waals surface area contributed by atoms with Crippen molar-refractivity contribution in [3.05, 3.63) is 28.8 Å². The van der Waals surface area contributed by atoms with Crippen molar-refractivity contribution >= 4 is 35.0 Å². The highest BCUT2D eigenvalue weighted by molar-refractivity contribution is 7.99. The second-order valence-corrected chi connectivity index (χ2v) is 6.29. The maximum Gasteiger partial charge on any atom is 0.335 e. The second kappa shape index (κ2) is 6.53. The summed E-state index contributed by atoms with van der Waals surface area (Å²) in [4.78, 5) is 10.9. The molecule has 1 aromatic rings. The molecule has 0 radical (unpaired) electrons. The Balaban J connectivity index is 2.11. The molecule has 0 saturated heterocycles. The first kappa shape index (κ1) is 14.5. The number of hydrogen-bond donors (Lipinski definition) is 2. The van der Waals surface area contributed by atoms with Crippen LogP contribution in [0.1, 0.15) is 36.0 Å². The predicted molar refractivity (Wildman–Crippen MR) is 81.6 cm³/mol. The molecule has 0 bridgehead atoms. The first-order valence-corrected chi connectivity index (χ1v) is 8.10. The number of carboxylic acids is 1. The Bertz CT molecular complexity index is 467. The lowest BCUT2D eigenvalue weighted by molar-refractivity contribution is 0.0697. The van der Waals surface area contributed by atoms with Gasteiger partial charge in [0.1, 0.15) is 0 Å². The fraction of sp³-hybridized carbons (Fsp3) is 0.500. The van der Waals surface area contributed by atoms with E-state index in [0.717, 1.165) is 12.1 Å². The number of halogens is 1. The minimum atomic E-state index is -0.951. The molecule has 1 saturated carbocycles. The second-order valence-electron chi connectivity index (χ2n) is 4.81. The topological polar surface area (TPSA) is 49.3 Å². The van der Waals surface area contributed by atoms with Crippen molar-refractivity contribution in [3.8, 4) is 0 Å². The van der Waals surface area contributed by atoms with Gasteiger partial charge in [0, 0.05) is 11.3 Å². The molecule has 19 heavy (non-hydrogen) atoms. The molecule has 2 atom stereocenters. The van der Waals surface area contributed by atoms with Gasteiger partial charge >= 0.3 is 5.97 Å². The number of nitrogens with one attached hydrogen (secondary N) is 1. The molecule has 2 rings (SSSR count). The van der Waals surface area contributed by atoms with Crippen LogP contribution in [0.25, 0.3) is 0 Å². The van der Waals surface area contributed by atoms with E-state index in [0.29, 0.717) is 16.3 Å². The van der Waals surface area contributed by atoms with Crippen molar-refractivity contribution in [1.29, 1.82) is 0 Å². The Labute approximate surface area is 122 Å². The lowest BCUT2D eigenvalue weighted by Crippen LogP contribution is -2.34. The van der Waals surface area contributed by atoms with Crippen LogP contribution in [0.4, 0.5) is 5.69 Å². The van der Waals surface area contributed by atoms with Gasteiger partial charge in [-0.3, -0.25) is 0 Å². The van der Waals surface area contributed by atoms with Gasteiger partial charge in [-0.1, -0.05) is 24.4 Å². The van der Waals surface area contributed by atoms with E-state index in [1.807, 2.05) is 11.8 Å². The third kappa shape index (κ3) is 3.57. The molecule has 0 aliphatic heterocycles. The van der Waals surface area contributed by atoms with E-state index in [-0.39, 0.29) is 5.56 Å². The fourth-order valence-corrected chi connectivity index (χ4v) is 3.68. The van der Waals surface area contributed by atoms with Crippen LogP contribution in [0.3, 0.4) is 0 Å². The third-order valence-electron chi connectivity index (χ3n) is 3.56. The quantitative estimate of drug-likeness (QED) is 0.878. The van der Waals surface area contributed by atoms with Gasteiger partial charge in [-0.05, 0) is 37.3 Å². The molecule has 3 nitrogen and oxygen atoms in total. The van der Waals surface area contributed by atoms with E-state index in [1.165, 1.54) is 25.3 Å². The Morgan fingerprint density at radius 3 is 2.79 bits per heavy atom. The molecule has 0 heterocycles. The van der Waals surface area contributed by atoms with Crippen LogP contribution in [0.15, 0.2) is 18.2 Å². The lowest BCUT2D eigenvalue weighted by Gasteiger charge is -2.32. The molecule has 2 unspecified atom stereocenters. The van der Waals surface area contributed by atoms with Crippen LogP contribution >= 0.6 is 23.4 Å². The molecule has 1 aliphatic rings. The van der Waals surface area contributed by atoms with Crippen LogP contribution in [0.5, 0.6) is 0 Å². The summed E-state index contributed by atoms with van der Waals surface area (Å²) in [5, 5.41) is 13.5. The van der Waals surface area contributed by atoms with E-state index in [1.54, 1.807) is 12.1 Å². The van der Waals surface area contributed by atoms with Crippen molar-refractivity contribution in [2.24, 2.45) is 0 Å². The zero-order valence-corrected chi connectivity index (χ0v) is 12.4. The zero-order chi connectivity index (χ0) is 13.8. The number of anilines is 1. The first-order chi connectivity index (χ1) is 9.11. The van der Waals surface area contributed by atoms with E-state index >= 15 is 0 Å². The summed E-state index contributed by atoms with van der Waals surface area (Å²) >= 11 is 8.04. The van der Waals surface area contributed by atoms with Crippen LogP contribution in [0.2, 0.25) is 5.02 Å². The van der Waals surface area contributed by atoms with Gasteiger partial charge < -0.3 is 10.4 Å². The predicted octanol–water partition coefficient (Wildman–Crippen LogP) is 4.12. The minimum absolute atomic E-state index is 0.223. The summed E-state index contributed by atoms with van der Waals surface area (Å²) in [6.45, 7) is 0. The summed E-state index contributed by atoms with van der Waals surface area (Å²) in [5.41, 5.74) is 1.05. The summed E-state index contributed by atoms with van der Waals surface area (Å²) in [5.74, 6) is -0.951. The monoisotopic (exact) mass is 299 g/mol. The van der Waals surface area contributed by atoms with Crippen molar-refractivity contribution in [2.45, 2.75) is 37.0 Å². The van der Waals surface area contributed by atoms with Crippen molar-refractivity contribution in [2.75, 3.05) is 11.6 Å². The van der Waals surface area contributed by atoms with E-state index < -0.39 is 5.97 Å². The average molecular weight is 300 g/mol. The zero-order valence-electron chi connectivity index (χ0n) is 10.9. The molecule has 2 N–H and O–H groups in total.